The van der Waals surface area contributed by atoms with E-state index in [2.05, 4.69) is 15.0 Å². The van der Waals surface area contributed by atoms with Crippen LogP contribution in [0.3, 0.4) is 0 Å². The molecule has 0 bridgehead atoms. The average molecular weight is 267 g/mol. The number of benzene rings is 1. The highest BCUT2D eigenvalue weighted by Gasteiger charge is 2.04. The minimum Gasteiger partial charge on any atom is -0.368 e. The van der Waals surface area contributed by atoms with Gasteiger partial charge in [-0.3, -0.25) is 0 Å². The zero-order valence-electron chi connectivity index (χ0n) is 9.22. The highest BCUT2D eigenvalue weighted by molar-refractivity contribution is 7.98. The Kier molecular flexibility index (Phi) is 3.81. The standard InChI is InChI=1S/C11H11ClN4S/c1-7-14-10(16-11(13)15-7)6-17-9-5-3-2-4-8(9)12/h2-5H,6H2,1H3,(H2,13,14,15,16). The van der Waals surface area contributed by atoms with Crippen LogP contribution in [-0.2, 0) is 5.75 Å². The van der Waals surface area contributed by atoms with E-state index in [4.69, 9.17) is 17.3 Å². The molecular formula is C11H11ClN4S. The fourth-order valence-corrected chi connectivity index (χ4v) is 2.42. The van der Waals surface area contributed by atoms with Crippen molar-refractivity contribution < 1.29 is 0 Å². The third-order valence-electron chi connectivity index (χ3n) is 2.00. The van der Waals surface area contributed by atoms with Crippen LogP contribution in [0.1, 0.15) is 11.6 Å². The van der Waals surface area contributed by atoms with Crippen molar-refractivity contribution >= 4 is 29.3 Å². The van der Waals surface area contributed by atoms with Crippen molar-refractivity contribution in [1.29, 1.82) is 0 Å². The lowest BCUT2D eigenvalue weighted by Crippen LogP contribution is -2.03. The fourth-order valence-electron chi connectivity index (χ4n) is 1.33. The quantitative estimate of drug-likeness (QED) is 0.866. The second kappa shape index (κ2) is 5.33. The molecule has 6 heteroatoms. The SMILES string of the molecule is Cc1nc(N)nc(CSc2ccccc2Cl)n1. The summed E-state index contributed by atoms with van der Waals surface area (Å²) in [5.74, 6) is 2.18. The first-order valence-corrected chi connectivity index (χ1v) is 6.36. The number of halogens is 1. The lowest BCUT2D eigenvalue weighted by atomic mass is 10.4. The zero-order valence-corrected chi connectivity index (χ0v) is 10.8. The number of nitrogens with zero attached hydrogens (tertiary/aromatic N) is 3. The summed E-state index contributed by atoms with van der Waals surface area (Å²) in [7, 11) is 0. The van der Waals surface area contributed by atoms with E-state index in [1.54, 1.807) is 18.7 Å². The van der Waals surface area contributed by atoms with Crippen molar-refractivity contribution in [2.24, 2.45) is 0 Å². The lowest BCUT2D eigenvalue weighted by Gasteiger charge is -2.04. The monoisotopic (exact) mass is 266 g/mol. The van der Waals surface area contributed by atoms with E-state index >= 15 is 0 Å². The van der Waals surface area contributed by atoms with Crippen LogP contribution >= 0.6 is 23.4 Å². The van der Waals surface area contributed by atoms with E-state index in [1.165, 1.54) is 0 Å². The van der Waals surface area contributed by atoms with E-state index in [0.29, 0.717) is 17.4 Å². The van der Waals surface area contributed by atoms with Crippen LogP contribution in [0, 0.1) is 6.92 Å². The van der Waals surface area contributed by atoms with Crippen molar-refractivity contribution in [3.8, 4) is 0 Å². The Morgan fingerprint density at radius 3 is 2.71 bits per heavy atom. The van der Waals surface area contributed by atoms with Gasteiger partial charge in [0.1, 0.15) is 11.6 Å². The number of rotatable bonds is 3. The molecule has 0 amide bonds. The second-order valence-corrected chi connectivity index (χ2v) is 4.80. The Bertz CT molecular complexity index is 512. The van der Waals surface area contributed by atoms with Gasteiger partial charge in [-0.1, -0.05) is 23.7 Å². The van der Waals surface area contributed by atoms with Crippen LogP contribution in [0.25, 0.3) is 0 Å². The molecule has 0 aliphatic carbocycles. The molecule has 0 radical (unpaired) electrons. The molecule has 0 fully saturated rings. The van der Waals surface area contributed by atoms with Crippen molar-refractivity contribution in [1.82, 2.24) is 15.0 Å². The first-order valence-electron chi connectivity index (χ1n) is 4.99. The third-order valence-corrected chi connectivity index (χ3v) is 3.52. The number of thioether (sulfide) groups is 1. The summed E-state index contributed by atoms with van der Waals surface area (Å²) in [4.78, 5) is 13.2. The number of anilines is 1. The summed E-state index contributed by atoms with van der Waals surface area (Å²) in [6, 6.07) is 7.67. The van der Waals surface area contributed by atoms with Gasteiger partial charge in [-0.2, -0.15) is 9.97 Å². The molecule has 1 heterocycles. The number of nitrogens with two attached hydrogens (primary N) is 1. The molecule has 4 nitrogen and oxygen atoms in total. The molecule has 17 heavy (non-hydrogen) atoms. The Morgan fingerprint density at radius 2 is 2.00 bits per heavy atom. The fraction of sp³-hybridized carbons (Fsp3) is 0.182. The number of aromatic nitrogens is 3. The maximum Gasteiger partial charge on any atom is 0.223 e. The Morgan fingerprint density at radius 1 is 1.24 bits per heavy atom. The molecule has 0 aliphatic rings. The molecule has 0 spiro atoms. The summed E-state index contributed by atoms with van der Waals surface area (Å²) in [5, 5.41) is 0.733. The molecule has 2 rings (SSSR count). The summed E-state index contributed by atoms with van der Waals surface area (Å²) in [6.07, 6.45) is 0. The van der Waals surface area contributed by atoms with Crippen LogP contribution in [0.5, 0.6) is 0 Å². The predicted molar refractivity (Wildman–Crippen MR) is 70.0 cm³/mol. The molecule has 1 aromatic heterocycles. The van der Waals surface area contributed by atoms with Gasteiger partial charge in [0, 0.05) is 4.90 Å². The number of hydrogen-bond acceptors (Lipinski definition) is 5. The largest absolute Gasteiger partial charge is 0.368 e. The van der Waals surface area contributed by atoms with Gasteiger partial charge in [0.25, 0.3) is 0 Å². The van der Waals surface area contributed by atoms with Crippen molar-refractivity contribution in [2.75, 3.05) is 5.73 Å². The molecule has 1 aromatic carbocycles. The minimum atomic E-state index is 0.257. The predicted octanol–water partition coefficient (Wildman–Crippen LogP) is 2.71. The van der Waals surface area contributed by atoms with Crippen molar-refractivity contribution in [3.63, 3.8) is 0 Å². The van der Waals surface area contributed by atoms with Crippen LogP contribution in [0.2, 0.25) is 5.02 Å². The molecule has 88 valence electrons. The topological polar surface area (TPSA) is 64.7 Å². The summed E-state index contributed by atoms with van der Waals surface area (Å²) in [5.41, 5.74) is 5.56. The van der Waals surface area contributed by atoms with E-state index in [9.17, 15) is 0 Å². The molecule has 0 saturated heterocycles. The molecule has 0 unspecified atom stereocenters. The first-order chi connectivity index (χ1) is 8.15. The molecule has 0 saturated carbocycles. The molecular weight excluding hydrogens is 256 g/mol. The Labute approximate surface area is 109 Å². The van der Waals surface area contributed by atoms with E-state index in [0.717, 1.165) is 9.92 Å². The van der Waals surface area contributed by atoms with E-state index < -0.39 is 0 Å². The van der Waals surface area contributed by atoms with Gasteiger partial charge in [0.15, 0.2) is 0 Å². The summed E-state index contributed by atoms with van der Waals surface area (Å²) >= 11 is 7.63. The van der Waals surface area contributed by atoms with Crippen LogP contribution in [0.4, 0.5) is 5.95 Å². The second-order valence-electron chi connectivity index (χ2n) is 3.38. The van der Waals surface area contributed by atoms with Gasteiger partial charge in [-0.15, -0.1) is 11.8 Å². The highest BCUT2D eigenvalue weighted by Crippen LogP contribution is 2.28. The lowest BCUT2D eigenvalue weighted by molar-refractivity contribution is 0.923. The van der Waals surface area contributed by atoms with Crippen molar-refractivity contribution in [3.05, 3.63) is 40.9 Å². The van der Waals surface area contributed by atoms with Gasteiger partial charge in [-0.25, -0.2) is 4.98 Å². The normalized spacial score (nSPS) is 10.5. The first kappa shape index (κ1) is 12.1. The van der Waals surface area contributed by atoms with E-state index in [-0.39, 0.29) is 5.95 Å². The van der Waals surface area contributed by atoms with Gasteiger partial charge in [0.05, 0.1) is 10.8 Å². The molecule has 2 N–H and O–H groups in total. The number of hydrogen-bond donors (Lipinski definition) is 1. The van der Waals surface area contributed by atoms with Crippen molar-refractivity contribution in [2.45, 2.75) is 17.6 Å². The van der Waals surface area contributed by atoms with Crippen LogP contribution in [0.15, 0.2) is 29.2 Å². The maximum atomic E-state index is 6.05. The Balaban J connectivity index is 2.10. The van der Waals surface area contributed by atoms with E-state index in [1.807, 2.05) is 24.3 Å². The van der Waals surface area contributed by atoms with Gasteiger partial charge in [-0.05, 0) is 19.1 Å². The highest BCUT2D eigenvalue weighted by atomic mass is 35.5. The van der Waals surface area contributed by atoms with Crippen LogP contribution < -0.4 is 5.73 Å². The third kappa shape index (κ3) is 3.31. The minimum absolute atomic E-state index is 0.257. The molecule has 2 aromatic rings. The number of nitrogen functional groups attached to an aromatic ring is 1. The van der Waals surface area contributed by atoms with Gasteiger partial charge >= 0.3 is 0 Å². The van der Waals surface area contributed by atoms with Gasteiger partial charge < -0.3 is 5.73 Å². The average Bonchev–Trinajstić information content (AvgIpc) is 2.27. The summed E-state index contributed by atoms with van der Waals surface area (Å²) in [6.45, 7) is 1.79. The van der Waals surface area contributed by atoms with Crippen LogP contribution in [-0.4, -0.2) is 15.0 Å². The number of aryl methyl sites for hydroxylation is 1. The molecule has 0 atom stereocenters. The zero-order chi connectivity index (χ0) is 12.3. The maximum absolute atomic E-state index is 6.05. The smallest absolute Gasteiger partial charge is 0.223 e. The van der Waals surface area contributed by atoms with Gasteiger partial charge in [0.2, 0.25) is 5.95 Å². The molecule has 0 aliphatic heterocycles. The Hall–Kier alpha value is -1.33. The summed E-state index contributed by atoms with van der Waals surface area (Å²) < 4.78 is 0.